The van der Waals surface area contributed by atoms with E-state index in [0.29, 0.717) is 16.6 Å². The molecule has 7 heteroatoms. The van der Waals surface area contributed by atoms with E-state index in [9.17, 15) is 4.79 Å². The Morgan fingerprint density at radius 1 is 1.63 bits per heavy atom. The van der Waals surface area contributed by atoms with Gasteiger partial charge in [0.1, 0.15) is 10.7 Å². The van der Waals surface area contributed by atoms with E-state index < -0.39 is 0 Å². The first-order valence-electron chi connectivity index (χ1n) is 6.49. The largest absolute Gasteiger partial charge is 0.382 e. The Bertz CT molecular complexity index is 441. The summed E-state index contributed by atoms with van der Waals surface area (Å²) >= 11 is 1.28. The van der Waals surface area contributed by atoms with Crippen LogP contribution in [0.2, 0.25) is 0 Å². The second-order valence-electron chi connectivity index (χ2n) is 4.88. The molecule has 1 atom stereocenters. The van der Waals surface area contributed by atoms with Gasteiger partial charge in [0.15, 0.2) is 5.13 Å². The van der Waals surface area contributed by atoms with E-state index in [1.807, 2.05) is 13.8 Å². The van der Waals surface area contributed by atoms with Crippen molar-refractivity contribution >= 4 is 28.2 Å². The molecule has 1 aromatic heterocycles. The smallest absolute Gasteiger partial charge is 0.265 e. The number of ether oxygens (including phenoxy) is 1. The van der Waals surface area contributed by atoms with Gasteiger partial charge in [-0.1, -0.05) is 11.3 Å². The van der Waals surface area contributed by atoms with Crippen LogP contribution in [0.25, 0.3) is 0 Å². The van der Waals surface area contributed by atoms with E-state index in [1.165, 1.54) is 11.3 Å². The van der Waals surface area contributed by atoms with Crippen LogP contribution >= 0.6 is 11.3 Å². The molecule has 1 unspecified atom stereocenters. The summed E-state index contributed by atoms with van der Waals surface area (Å²) < 4.78 is 5.46. The molecule has 6 nitrogen and oxygen atoms in total. The fourth-order valence-electron chi connectivity index (χ4n) is 1.90. The minimum Gasteiger partial charge on any atom is -0.382 e. The van der Waals surface area contributed by atoms with E-state index in [0.717, 1.165) is 19.4 Å². The highest BCUT2D eigenvalue weighted by Crippen LogP contribution is 2.25. The van der Waals surface area contributed by atoms with Crippen molar-refractivity contribution in [3.8, 4) is 0 Å². The number of anilines is 2. The maximum atomic E-state index is 12.0. The number of nitrogen functional groups attached to an aromatic ring is 1. The molecule has 2 heterocycles. The number of nitrogens with two attached hydrogens (primary N) is 1. The Balaban J connectivity index is 1.92. The number of hydrogen-bond acceptors (Lipinski definition) is 6. The highest BCUT2D eigenvalue weighted by molar-refractivity contribution is 7.18. The quantitative estimate of drug-likeness (QED) is 0.761. The van der Waals surface area contributed by atoms with Crippen LogP contribution in [0.5, 0.6) is 0 Å². The SMILES string of the molecule is CC(C)Nc1nc(N)c(C(=O)NCC2CCCO2)s1. The summed E-state index contributed by atoms with van der Waals surface area (Å²) in [6.07, 6.45) is 2.19. The van der Waals surface area contributed by atoms with Gasteiger partial charge in [-0.3, -0.25) is 4.79 Å². The Labute approximate surface area is 116 Å². The van der Waals surface area contributed by atoms with Gasteiger partial charge in [-0.2, -0.15) is 0 Å². The Hall–Kier alpha value is -1.34. The molecule has 0 bridgehead atoms. The minimum atomic E-state index is -0.178. The molecule has 1 amide bonds. The Morgan fingerprint density at radius 3 is 3.05 bits per heavy atom. The summed E-state index contributed by atoms with van der Waals surface area (Å²) in [4.78, 5) is 16.6. The van der Waals surface area contributed by atoms with Gasteiger partial charge in [-0.15, -0.1) is 0 Å². The highest BCUT2D eigenvalue weighted by Gasteiger charge is 2.20. The molecule has 1 aliphatic rings. The van der Waals surface area contributed by atoms with Crippen molar-refractivity contribution in [3.05, 3.63) is 4.88 Å². The number of carbonyl (C=O) groups excluding carboxylic acids is 1. The molecule has 19 heavy (non-hydrogen) atoms. The molecule has 106 valence electrons. The molecular formula is C12H20N4O2S. The first-order valence-corrected chi connectivity index (χ1v) is 7.30. The third kappa shape index (κ3) is 3.81. The van der Waals surface area contributed by atoms with Crippen LogP contribution in [0.15, 0.2) is 0 Å². The topological polar surface area (TPSA) is 89.3 Å². The molecule has 1 aliphatic heterocycles. The lowest BCUT2D eigenvalue weighted by Crippen LogP contribution is -2.31. The van der Waals surface area contributed by atoms with Crippen LogP contribution in [-0.4, -0.2) is 36.2 Å². The van der Waals surface area contributed by atoms with Crippen LogP contribution in [0, 0.1) is 0 Å². The molecule has 4 N–H and O–H groups in total. The zero-order chi connectivity index (χ0) is 13.8. The van der Waals surface area contributed by atoms with Crippen molar-refractivity contribution in [2.75, 3.05) is 24.2 Å². The van der Waals surface area contributed by atoms with E-state index in [4.69, 9.17) is 10.5 Å². The van der Waals surface area contributed by atoms with Crippen molar-refractivity contribution < 1.29 is 9.53 Å². The second kappa shape index (κ2) is 6.21. The van der Waals surface area contributed by atoms with E-state index in [1.54, 1.807) is 0 Å². The molecule has 0 spiro atoms. The number of hydrogen-bond donors (Lipinski definition) is 3. The Morgan fingerprint density at radius 2 is 2.42 bits per heavy atom. The predicted octanol–water partition coefficient (Wildman–Crippen LogP) is 1.45. The predicted molar refractivity (Wildman–Crippen MR) is 76.6 cm³/mol. The average molecular weight is 284 g/mol. The second-order valence-corrected chi connectivity index (χ2v) is 5.88. The zero-order valence-electron chi connectivity index (χ0n) is 11.2. The lowest BCUT2D eigenvalue weighted by atomic mass is 10.2. The van der Waals surface area contributed by atoms with Crippen LogP contribution in [-0.2, 0) is 4.74 Å². The molecule has 1 aromatic rings. The lowest BCUT2D eigenvalue weighted by Gasteiger charge is -2.09. The maximum Gasteiger partial charge on any atom is 0.265 e. The molecule has 1 fully saturated rings. The number of aromatic nitrogens is 1. The first-order chi connectivity index (χ1) is 9.06. The molecular weight excluding hydrogens is 264 g/mol. The third-order valence-corrected chi connectivity index (χ3v) is 3.79. The minimum absolute atomic E-state index is 0.131. The number of carbonyl (C=O) groups is 1. The van der Waals surface area contributed by atoms with Crippen molar-refractivity contribution in [1.29, 1.82) is 0 Å². The summed E-state index contributed by atoms with van der Waals surface area (Å²) in [5, 5.41) is 6.66. The average Bonchev–Trinajstić information content (AvgIpc) is 2.95. The van der Waals surface area contributed by atoms with E-state index >= 15 is 0 Å². The van der Waals surface area contributed by atoms with Crippen LogP contribution < -0.4 is 16.4 Å². The summed E-state index contributed by atoms with van der Waals surface area (Å²) in [7, 11) is 0. The van der Waals surface area contributed by atoms with Crippen LogP contribution in [0.4, 0.5) is 10.9 Å². The fourth-order valence-corrected chi connectivity index (χ4v) is 2.84. The normalized spacial score (nSPS) is 18.8. The van der Waals surface area contributed by atoms with Crippen molar-refractivity contribution in [2.45, 2.75) is 38.8 Å². The van der Waals surface area contributed by atoms with Gasteiger partial charge >= 0.3 is 0 Å². The lowest BCUT2D eigenvalue weighted by molar-refractivity contribution is 0.0861. The molecule has 1 saturated heterocycles. The standard InChI is InChI=1S/C12H20N4O2S/c1-7(2)15-12-16-10(13)9(19-12)11(17)14-6-8-4-3-5-18-8/h7-8H,3-6,13H2,1-2H3,(H,14,17)(H,15,16). The maximum absolute atomic E-state index is 12.0. The summed E-state index contributed by atoms with van der Waals surface area (Å²) in [6, 6.07) is 0.258. The molecule has 0 aromatic carbocycles. The first kappa shape index (κ1) is 14.1. The fraction of sp³-hybridized carbons (Fsp3) is 0.667. The summed E-state index contributed by atoms with van der Waals surface area (Å²) in [5.41, 5.74) is 5.77. The van der Waals surface area contributed by atoms with E-state index in [-0.39, 0.29) is 23.9 Å². The van der Waals surface area contributed by atoms with Gasteiger partial charge in [0.2, 0.25) is 0 Å². The number of nitrogens with one attached hydrogen (secondary N) is 2. The van der Waals surface area contributed by atoms with Crippen LogP contribution in [0.1, 0.15) is 36.4 Å². The number of rotatable bonds is 5. The van der Waals surface area contributed by atoms with Gasteiger partial charge in [-0.25, -0.2) is 4.98 Å². The van der Waals surface area contributed by atoms with Gasteiger partial charge in [-0.05, 0) is 26.7 Å². The van der Waals surface area contributed by atoms with Gasteiger partial charge in [0, 0.05) is 19.2 Å². The van der Waals surface area contributed by atoms with Crippen molar-refractivity contribution in [3.63, 3.8) is 0 Å². The number of thiazole rings is 1. The van der Waals surface area contributed by atoms with Crippen molar-refractivity contribution in [1.82, 2.24) is 10.3 Å². The van der Waals surface area contributed by atoms with E-state index in [2.05, 4.69) is 15.6 Å². The van der Waals surface area contributed by atoms with Crippen LogP contribution in [0.3, 0.4) is 0 Å². The number of amides is 1. The monoisotopic (exact) mass is 284 g/mol. The highest BCUT2D eigenvalue weighted by atomic mass is 32.1. The zero-order valence-corrected chi connectivity index (χ0v) is 12.0. The van der Waals surface area contributed by atoms with Gasteiger partial charge < -0.3 is 21.1 Å². The third-order valence-electron chi connectivity index (χ3n) is 2.79. The molecule has 0 saturated carbocycles. The number of nitrogens with zero attached hydrogens (tertiary/aromatic N) is 1. The summed E-state index contributed by atoms with van der Waals surface area (Å²) in [5.74, 6) is 0.0975. The summed E-state index contributed by atoms with van der Waals surface area (Å²) in [6.45, 7) is 5.33. The molecule has 2 rings (SSSR count). The molecule has 0 aliphatic carbocycles. The Kier molecular flexibility index (Phi) is 4.60. The van der Waals surface area contributed by atoms with Gasteiger partial charge in [0.05, 0.1) is 6.10 Å². The van der Waals surface area contributed by atoms with Crippen molar-refractivity contribution in [2.24, 2.45) is 0 Å². The molecule has 0 radical (unpaired) electrons. The van der Waals surface area contributed by atoms with Gasteiger partial charge in [0.25, 0.3) is 5.91 Å².